The number of nitrogens with zero attached hydrogens (tertiary/aromatic N) is 4. The first-order chi connectivity index (χ1) is 11.1. The van der Waals surface area contributed by atoms with Gasteiger partial charge in [-0.25, -0.2) is 9.48 Å². The van der Waals surface area contributed by atoms with Gasteiger partial charge in [-0.05, 0) is 12.0 Å². The number of hydrogen-bond acceptors (Lipinski definition) is 5. The number of rotatable bonds is 5. The summed E-state index contributed by atoms with van der Waals surface area (Å²) in [5.41, 5.74) is 1.86. The van der Waals surface area contributed by atoms with Gasteiger partial charge >= 0.3 is 6.03 Å². The lowest BCUT2D eigenvalue weighted by Gasteiger charge is -2.29. The van der Waals surface area contributed by atoms with E-state index in [2.05, 4.69) is 15.3 Å². The minimum absolute atomic E-state index is 0.0680. The molecule has 8 nitrogen and oxygen atoms in total. The van der Waals surface area contributed by atoms with Crippen LogP contribution in [0, 0.1) is 0 Å². The summed E-state index contributed by atoms with van der Waals surface area (Å²) in [5, 5.41) is 6.96. The summed E-state index contributed by atoms with van der Waals surface area (Å²) in [7, 11) is 0. The first-order valence-electron chi connectivity index (χ1n) is 7.99. The second-order valence-electron chi connectivity index (χ2n) is 5.91. The van der Waals surface area contributed by atoms with Gasteiger partial charge in [0.25, 0.3) is 5.56 Å². The van der Waals surface area contributed by atoms with E-state index in [-0.39, 0.29) is 24.0 Å². The molecular weight excluding hydrogens is 298 g/mol. The Morgan fingerprint density at radius 3 is 2.74 bits per heavy atom. The van der Waals surface area contributed by atoms with Gasteiger partial charge in [-0.15, -0.1) is 0 Å². The van der Waals surface area contributed by atoms with Crippen molar-refractivity contribution in [2.24, 2.45) is 0 Å². The summed E-state index contributed by atoms with van der Waals surface area (Å²) >= 11 is 0. The largest absolute Gasteiger partial charge is 0.329 e. The van der Waals surface area contributed by atoms with Gasteiger partial charge < -0.3 is 5.32 Å². The fourth-order valence-electron chi connectivity index (χ4n) is 2.98. The third-order valence-corrected chi connectivity index (χ3v) is 4.24. The van der Waals surface area contributed by atoms with Crippen molar-refractivity contribution in [2.75, 3.05) is 26.2 Å². The van der Waals surface area contributed by atoms with Crippen molar-refractivity contribution in [2.45, 2.75) is 32.9 Å². The van der Waals surface area contributed by atoms with Crippen molar-refractivity contribution < 1.29 is 9.59 Å². The number of urea groups is 1. The number of nitrogens with one attached hydrogen (secondary N) is 1. The topological polar surface area (TPSA) is 87.5 Å². The molecule has 1 aromatic heterocycles. The average molecular weight is 319 g/mol. The van der Waals surface area contributed by atoms with Gasteiger partial charge in [-0.1, -0.05) is 6.92 Å². The number of aromatic nitrogens is 2. The Labute approximate surface area is 134 Å². The van der Waals surface area contributed by atoms with Gasteiger partial charge in [0.2, 0.25) is 5.91 Å². The first-order valence-corrected chi connectivity index (χ1v) is 7.99. The Morgan fingerprint density at radius 1 is 1.22 bits per heavy atom. The van der Waals surface area contributed by atoms with Crippen LogP contribution >= 0.6 is 0 Å². The smallest absolute Gasteiger partial charge is 0.324 e. The molecule has 3 heterocycles. The molecule has 0 unspecified atom stereocenters. The van der Waals surface area contributed by atoms with Crippen molar-refractivity contribution in [1.82, 2.24) is 24.9 Å². The summed E-state index contributed by atoms with van der Waals surface area (Å²) in [6, 6.07) is 1.34. The van der Waals surface area contributed by atoms with Gasteiger partial charge in [0.05, 0.1) is 12.2 Å². The molecule has 124 valence electrons. The molecule has 2 aliphatic heterocycles. The van der Waals surface area contributed by atoms with Gasteiger partial charge in [0, 0.05) is 45.2 Å². The normalized spacial score (nSPS) is 18.2. The molecule has 3 rings (SSSR count). The third-order valence-electron chi connectivity index (χ3n) is 4.24. The second-order valence-corrected chi connectivity index (χ2v) is 5.91. The van der Waals surface area contributed by atoms with Crippen LogP contribution < -0.4 is 10.9 Å². The molecular formula is C15H21N5O3. The van der Waals surface area contributed by atoms with Gasteiger partial charge in [0.1, 0.15) is 0 Å². The molecule has 0 aliphatic carbocycles. The molecule has 1 N–H and O–H groups in total. The van der Waals surface area contributed by atoms with Crippen LogP contribution in [0.1, 0.15) is 24.6 Å². The number of carbonyl (C=O) groups excluding carboxylic acids is 2. The lowest BCUT2D eigenvalue weighted by Crippen LogP contribution is -2.41. The van der Waals surface area contributed by atoms with Crippen LogP contribution in [0.5, 0.6) is 0 Å². The Morgan fingerprint density at radius 2 is 2.04 bits per heavy atom. The highest BCUT2D eigenvalue weighted by molar-refractivity contribution is 6.01. The fraction of sp³-hybridized carbons (Fsp3) is 0.600. The SMILES string of the molecule is CCCn1nc2c(cc1=O)CN(CCN1C(=O)CNC1=O)CC2. The van der Waals surface area contributed by atoms with E-state index in [1.54, 1.807) is 6.07 Å². The van der Waals surface area contributed by atoms with Gasteiger partial charge in [-0.3, -0.25) is 19.4 Å². The minimum Gasteiger partial charge on any atom is -0.329 e. The number of imide groups is 1. The monoisotopic (exact) mass is 319 g/mol. The van der Waals surface area contributed by atoms with E-state index in [1.165, 1.54) is 9.58 Å². The molecule has 0 saturated carbocycles. The maximum absolute atomic E-state index is 12.0. The number of hydrogen-bond donors (Lipinski definition) is 1. The lowest BCUT2D eigenvalue weighted by molar-refractivity contribution is -0.125. The van der Waals surface area contributed by atoms with Crippen LogP contribution in [-0.4, -0.2) is 57.7 Å². The predicted octanol–water partition coefficient (Wildman–Crippen LogP) is -0.437. The first kappa shape index (κ1) is 15.7. The number of amides is 3. The zero-order valence-corrected chi connectivity index (χ0v) is 13.2. The van der Waals surface area contributed by atoms with E-state index in [4.69, 9.17) is 0 Å². The molecule has 0 bridgehead atoms. The molecule has 3 amide bonds. The van der Waals surface area contributed by atoms with Gasteiger partial charge in [0.15, 0.2) is 0 Å². The maximum atomic E-state index is 12.0. The quantitative estimate of drug-likeness (QED) is 0.744. The van der Waals surface area contributed by atoms with E-state index < -0.39 is 0 Å². The summed E-state index contributed by atoms with van der Waals surface area (Å²) in [4.78, 5) is 38.5. The van der Waals surface area contributed by atoms with Crippen LogP contribution in [0.4, 0.5) is 4.79 Å². The van der Waals surface area contributed by atoms with Crippen LogP contribution in [0.2, 0.25) is 0 Å². The molecule has 1 fully saturated rings. The fourth-order valence-corrected chi connectivity index (χ4v) is 2.98. The standard InChI is InChI=1S/C15H21N5O3/c1-2-4-20-13(21)8-11-10-18(5-3-12(11)17-20)6-7-19-14(22)9-16-15(19)23/h8H,2-7,9-10H2,1H3,(H,16,23). The Bertz CT molecular complexity index is 668. The Kier molecular flexibility index (Phi) is 4.42. The Hall–Kier alpha value is -2.22. The maximum Gasteiger partial charge on any atom is 0.324 e. The van der Waals surface area contributed by atoms with Crippen molar-refractivity contribution in [3.63, 3.8) is 0 Å². The van der Waals surface area contributed by atoms with Crippen LogP contribution in [0.25, 0.3) is 0 Å². The molecule has 2 aliphatic rings. The molecule has 0 spiro atoms. The minimum atomic E-state index is -0.323. The molecule has 1 saturated heterocycles. The zero-order valence-electron chi connectivity index (χ0n) is 13.2. The van der Waals surface area contributed by atoms with E-state index in [0.29, 0.717) is 26.2 Å². The van der Waals surface area contributed by atoms with Crippen LogP contribution in [0.15, 0.2) is 10.9 Å². The predicted molar refractivity (Wildman–Crippen MR) is 82.9 cm³/mol. The summed E-state index contributed by atoms with van der Waals surface area (Å²) in [6.45, 7) is 5.18. The molecule has 8 heteroatoms. The summed E-state index contributed by atoms with van der Waals surface area (Å²) in [6.07, 6.45) is 1.66. The zero-order chi connectivity index (χ0) is 16.4. The van der Waals surface area contributed by atoms with E-state index in [9.17, 15) is 14.4 Å². The van der Waals surface area contributed by atoms with Crippen molar-refractivity contribution in [3.05, 3.63) is 27.7 Å². The highest BCUT2D eigenvalue weighted by Gasteiger charge is 2.29. The number of carbonyl (C=O) groups is 2. The summed E-state index contributed by atoms with van der Waals surface area (Å²) < 4.78 is 1.53. The van der Waals surface area contributed by atoms with Crippen molar-refractivity contribution in [1.29, 1.82) is 0 Å². The van der Waals surface area contributed by atoms with Gasteiger partial charge in [-0.2, -0.15) is 5.10 Å². The molecule has 0 atom stereocenters. The molecule has 23 heavy (non-hydrogen) atoms. The lowest BCUT2D eigenvalue weighted by atomic mass is 10.1. The number of aryl methyl sites for hydroxylation is 1. The molecule has 0 radical (unpaired) electrons. The highest BCUT2D eigenvalue weighted by Crippen LogP contribution is 2.15. The highest BCUT2D eigenvalue weighted by atomic mass is 16.2. The van der Waals surface area contributed by atoms with Crippen molar-refractivity contribution in [3.8, 4) is 0 Å². The summed E-state index contributed by atoms with van der Waals surface area (Å²) in [5.74, 6) is -0.184. The van der Waals surface area contributed by atoms with E-state index >= 15 is 0 Å². The van der Waals surface area contributed by atoms with E-state index in [0.717, 1.165) is 30.6 Å². The van der Waals surface area contributed by atoms with Crippen LogP contribution in [-0.2, 0) is 24.3 Å². The Balaban J connectivity index is 1.64. The van der Waals surface area contributed by atoms with Crippen molar-refractivity contribution >= 4 is 11.9 Å². The molecule has 0 aromatic carbocycles. The third kappa shape index (κ3) is 3.26. The number of fused-ring (bicyclic) bond motifs is 1. The second kappa shape index (κ2) is 6.49. The molecule has 1 aromatic rings. The van der Waals surface area contributed by atoms with E-state index in [1.807, 2.05) is 6.92 Å². The average Bonchev–Trinajstić information content (AvgIpc) is 2.85. The van der Waals surface area contributed by atoms with Crippen LogP contribution in [0.3, 0.4) is 0 Å².